The summed E-state index contributed by atoms with van der Waals surface area (Å²) in [6.07, 6.45) is 0.0157. The molecule has 2 heteroatoms. The monoisotopic (exact) mass is 242 g/mol. The first-order valence-corrected chi connectivity index (χ1v) is 6.19. The Balaban J connectivity index is 2.10. The molecule has 2 aromatic rings. The normalized spacial score (nSPS) is 12.3. The van der Waals surface area contributed by atoms with Gasteiger partial charge in [0.15, 0.2) is 0 Å². The number of aliphatic hydroxyl groups excluding tert-OH is 1. The first-order chi connectivity index (χ1) is 8.81. The summed E-state index contributed by atoms with van der Waals surface area (Å²) in [5, 5.41) is 8.73. The van der Waals surface area contributed by atoms with Gasteiger partial charge in [0.1, 0.15) is 0 Å². The molecule has 0 spiro atoms. The van der Waals surface area contributed by atoms with Crippen LogP contribution in [0.15, 0.2) is 54.6 Å². The number of benzene rings is 2. The maximum atomic E-state index is 8.73. The lowest BCUT2D eigenvalue weighted by Crippen LogP contribution is -2.04. The molecule has 0 saturated heterocycles. The number of aliphatic hydroxyl groups is 1. The van der Waals surface area contributed by atoms with E-state index in [1.165, 1.54) is 11.1 Å². The standard InChI is InChI=1S/C16H18O2/c1-13(18-12-11-17)14-7-9-16(10-8-14)15-5-3-2-4-6-15/h2-10,13,17H,11-12H2,1H3. The van der Waals surface area contributed by atoms with Crippen molar-refractivity contribution in [2.45, 2.75) is 13.0 Å². The van der Waals surface area contributed by atoms with Crippen LogP contribution in [0, 0.1) is 0 Å². The van der Waals surface area contributed by atoms with E-state index < -0.39 is 0 Å². The van der Waals surface area contributed by atoms with E-state index in [4.69, 9.17) is 9.84 Å². The summed E-state index contributed by atoms with van der Waals surface area (Å²) in [6.45, 7) is 2.43. The smallest absolute Gasteiger partial charge is 0.0797 e. The minimum absolute atomic E-state index is 0.0157. The highest BCUT2D eigenvalue weighted by atomic mass is 16.5. The Kier molecular flexibility index (Phi) is 4.51. The van der Waals surface area contributed by atoms with Crippen molar-refractivity contribution in [1.82, 2.24) is 0 Å². The summed E-state index contributed by atoms with van der Waals surface area (Å²) in [6, 6.07) is 18.6. The minimum atomic E-state index is 0.0157. The lowest BCUT2D eigenvalue weighted by atomic mass is 10.0. The Morgan fingerprint density at radius 1 is 0.944 bits per heavy atom. The van der Waals surface area contributed by atoms with Crippen LogP contribution in [0.4, 0.5) is 0 Å². The van der Waals surface area contributed by atoms with Crippen LogP contribution < -0.4 is 0 Å². The molecule has 2 nitrogen and oxygen atoms in total. The minimum Gasteiger partial charge on any atom is -0.394 e. The van der Waals surface area contributed by atoms with E-state index in [1.54, 1.807) is 0 Å². The van der Waals surface area contributed by atoms with Crippen LogP contribution in [0.25, 0.3) is 11.1 Å². The molecule has 0 aromatic heterocycles. The number of rotatable bonds is 5. The first-order valence-electron chi connectivity index (χ1n) is 6.19. The van der Waals surface area contributed by atoms with Crippen molar-refractivity contribution in [3.63, 3.8) is 0 Å². The van der Waals surface area contributed by atoms with Crippen LogP contribution in [-0.4, -0.2) is 18.3 Å². The van der Waals surface area contributed by atoms with Crippen LogP contribution in [0.1, 0.15) is 18.6 Å². The SMILES string of the molecule is CC(OCCO)c1ccc(-c2ccccc2)cc1. The summed E-state index contributed by atoms with van der Waals surface area (Å²) >= 11 is 0. The van der Waals surface area contributed by atoms with Gasteiger partial charge in [-0.2, -0.15) is 0 Å². The molecule has 0 radical (unpaired) electrons. The fourth-order valence-corrected chi connectivity index (χ4v) is 1.90. The molecule has 0 saturated carbocycles. The Bertz CT molecular complexity index is 462. The molecule has 94 valence electrons. The Labute approximate surface area is 108 Å². The Morgan fingerprint density at radius 3 is 2.17 bits per heavy atom. The average molecular weight is 242 g/mol. The zero-order chi connectivity index (χ0) is 12.8. The molecule has 0 fully saturated rings. The van der Waals surface area contributed by atoms with Gasteiger partial charge in [0, 0.05) is 0 Å². The largest absolute Gasteiger partial charge is 0.394 e. The summed E-state index contributed by atoms with van der Waals surface area (Å²) < 4.78 is 5.47. The van der Waals surface area contributed by atoms with Crippen molar-refractivity contribution in [1.29, 1.82) is 0 Å². The number of hydrogen-bond acceptors (Lipinski definition) is 2. The highest BCUT2D eigenvalue weighted by Gasteiger charge is 2.05. The van der Waals surface area contributed by atoms with E-state index in [-0.39, 0.29) is 12.7 Å². The lowest BCUT2D eigenvalue weighted by Gasteiger charge is -2.13. The highest BCUT2D eigenvalue weighted by Crippen LogP contribution is 2.23. The van der Waals surface area contributed by atoms with Crippen LogP contribution in [-0.2, 0) is 4.74 Å². The van der Waals surface area contributed by atoms with Crippen molar-refractivity contribution in [2.24, 2.45) is 0 Å². The van der Waals surface area contributed by atoms with Gasteiger partial charge in [0.05, 0.1) is 19.3 Å². The van der Waals surface area contributed by atoms with Gasteiger partial charge in [0.2, 0.25) is 0 Å². The van der Waals surface area contributed by atoms with E-state index in [1.807, 2.05) is 25.1 Å². The van der Waals surface area contributed by atoms with Gasteiger partial charge in [-0.25, -0.2) is 0 Å². The predicted octanol–water partition coefficient (Wildman–Crippen LogP) is 3.42. The molecule has 1 N–H and O–H groups in total. The van der Waals surface area contributed by atoms with Gasteiger partial charge in [-0.3, -0.25) is 0 Å². The molecule has 1 unspecified atom stereocenters. The van der Waals surface area contributed by atoms with Gasteiger partial charge >= 0.3 is 0 Å². The van der Waals surface area contributed by atoms with Gasteiger partial charge in [0.25, 0.3) is 0 Å². The molecule has 0 bridgehead atoms. The van der Waals surface area contributed by atoms with Crippen LogP contribution in [0.3, 0.4) is 0 Å². The maximum Gasteiger partial charge on any atom is 0.0797 e. The van der Waals surface area contributed by atoms with Crippen LogP contribution in [0.5, 0.6) is 0 Å². The van der Waals surface area contributed by atoms with E-state index in [2.05, 4.69) is 36.4 Å². The number of ether oxygens (including phenoxy) is 1. The van der Waals surface area contributed by atoms with Gasteiger partial charge in [-0.05, 0) is 23.6 Å². The van der Waals surface area contributed by atoms with Crippen molar-refractivity contribution < 1.29 is 9.84 Å². The third-order valence-corrected chi connectivity index (χ3v) is 2.95. The molecule has 0 heterocycles. The average Bonchev–Trinajstić information content (AvgIpc) is 2.46. The molecule has 2 aromatic carbocycles. The first kappa shape index (κ1) is 12.8. The fraction of sp³-hybridized carbons (Fsp3) is 0.250. The molecule has 0 aliphatic carbocycles. The Hall–Kier alpha value is -1.64. The van der Waals surface area contributed by atoms with E-state index in [0.717, 1.165) is 5.56 Å². The molecular formula is C16H18O2. The van der Waals surface area contributed by atoms with Crippen LogP contribution in [0.2, 0.25) is 0 Å². The summed E-state index contributed by atoms with van der Waals surface area (Å²) in [7, 11) is 0. The second-order valence-electron chi connectivity index (χ2n) is 4.22. The van der Waals surface area contributed by atoms with Crippen molar-refractivity contribution >= 4 is 0 Å². The van der Waals surface area contributed by atoms with Gasteiger partial charge in [-0.1, -0.05) is 54.6 Å². The predicted molar refractivity (Wildman–Crippen MR) is 73.3 cm³/mol. The molecule has 0 aliphatic rings. The summed E-state index contributed by atoms with van der Waals surface area (Å²) in [4.78, 5) is 0. The third kappa shape index (κ3) is 3.19. The quantitative estimate of drug-likeness (QED) is 0.870. The van der Waals surface area contributed by atoms with Gasteiger partial charge in [-0.15, -0.1) is 0 Å². The molecule has 0 aliphatic heterocycles. The topological polar surface area (TPSA) is 29.5 Å². The lowest BCUT2D eigenvalue weighted by molar-refractivity contribution is 0.0385. The van der Waals surface area contributed by atoms with E-state index in [9.17, 15) is 0 Å². The van der Waals surface area contributed by atoms with Crippen molar-refractivity contribution in [3.8, 4) is 11.1 Å². The Morgan fingerprint density at radius 2 is 1.56 bits per heavy atom. The van der Waals surface area contributed by atoms with E-state index >= 15 is 0 Å². The zero-order valence-corrected chi connectivity index (χ0v) is 10.5. The summed E-state index contributed by atoms with van der Waals surface area (Å²) in [5.74, 6) is 0. The van der Waals surface area contributed by atoms with Crippen molar-refractivity contribution in [3.05, 3.63) is 60.2 Å². The zero-order valence-electron chi connectivity index (χ0n) is 10.5. The molecule has 18 heavy (non-hydrogen) atoms. The fourth-order valence-electron chi connectivity index (χ4n) is 1.90. The van der Waals surface area contributed by atoms with Crippen LogP contribution >= 0.6 is 0 Å². The maximum absolute atomic E-state index is 8.73. The molecule has 2 rings (SSSR count). The molecular weight excluding hydrogens is 224 g/mol. The second-order valence-corrected chi connectivity index (χ2v) is 4.22. The summed E-state index contributed by atoms with van der Waals surface area (Å²) in [5.41, 5.74) is 3.55. The highest BCUT2D eigenvalue weighted by molar-refractivity contribution is 5.63. The third-order valence-electron chi connectivity index (χ3n) is 2.95. The van der Waals surface area contributed by atoms with Gasteiger partial charge < -0.3 is 9.84 Å². The number of hydrogen-bond donors (Lipinski definition) is 1. The van der Waals surface area contributed by atoms with E-state index in [0.29, 0.717) is 6.61 Å². The molecule has 1 atom stereocenters. The second kappa shape index (κ2) is 6.34. The molecule has 0 amide bonds. The van der Waals surface area contributed by atoms with Crippen molar-refractivity contribution in [2.75, 3.05) is 13.2 Å².